The molecule has 1 amide bonds. The molecule has 6 nitrogen and oxygen atoms in total. The second-order valence-electron chi connectivity index (χ2n) is 5.22. The van der Waals surface area contributed by atoms with Crippen LogP contribution in [-0.2, 0) is 0 Å². The first kappa shape index (κ1) is 14.1. The number of hydrogen-bond donors (Lipinski definition) is 2. The van der Waals surface area contributed by atoms with Gasteiger partial charge in [-0.1, -0.05) is 0 Å². The van der Waals surface area contributed by atoms with Crippen molar-refractivity contribution < 1.29 is 4.79 Å². The molecule has 0 saturated heterocycles. The summed E-state index contributed by atoms with van der Waals surface area (Å²) in [5.41, 5.74) is 6.36. The summed E-state index contributed by atoms with van der Waals surface area (Å²) >= 11 is 1.28. The molecule has 7 heteroatoms. The van der Waals surface area contributed by atoms with Gasteiger partial charge in [-0.15, -0.1) is 0 Å². The zero-order chi connectivity index (χ0) is 14.0. The molecule has 0 radical (unpaired) electrons. The van der Waals surface area contributed by atoms with Crippen LogP contribution in [0.5, 0.6) is 0 Å². The highest BCUT2D eigenvalue weighted by Crippen LogP contribution is 2.30. The van der Waals surface area contributed by atoms with Gasteiger partial charge in [0.05, 0.1) is 0 Å². The van der Waals surface area contributed by atoms with E-state index in [2.05, 4.69) is 14.6 Å². The first-order chi connectivity index (χ1) is 8.99. The molecule has 0 unspecified atom stereocenters. The Hall–Kier alpha value is -1.34. The van der Waals surface area contributed by atoms with Gasteiger partial charge in [-0.2, -0.15) is 4.37 Å². The number of nitrogens with one attached hydrogen (secondary N) is 1. The molecule has 19 heavy (non-hydrogen) atoms. The highest BCUT2D eigenvalue weighted by atomic mass is 32.1. The SMILES string of the molecule is CN(C)CCN(C)c1snc(N)c1C(=O)NC1CC1. The van der Waals surface area contributed by atoms with E-state index in [1.54, 1.807) is 0 Å². The number of amides is 1. The molecular weight excluding hydrogens is 262 g/mol. The predicted octanol–water partition coefficient (Wildman–Crippen LogP) is 0.615. The van der Waals surface area contributed by atoms with Gasteiger partial charge in [0, 0.05) is 26.2 Å². The van der Waals surface area contributed by atoms with Crippen molar-refractivity contribution in [3.63, 3.8) is 0 Å². The van der Waals surface area contributed by atoms with Gasteiger partial charge in [0.15, 0.2) is 5.82 Å². The van der Waals surface area contributed by atoms with Crippen molar-refractivity contribution in [3.8, 4) is 0 Å². The normalized spacial score (nSPS) is 14.7. The fourth-order valence-corrected chi connectivity index (χ4v) is 2.50. The summed E-state index contributed by atoms with van der Waals surface area (Å²) in [5, 5.41) is 3.81. The third-order valence-corrected chi connectivity index (χ3v) is 4.05. The van der Waals surface area contributed by atoms with Crippen molar-refractivity contribution in [2.75, 3.05) is 44.9 Å². The maximum absolute atomic E-state index is 12.2. The minimum atomic E-state index is -0.0968. The van der Waals surface area contributed by atoms with E-state index in [1.165, 1.54) is 11.5 Å². The molecule has 1 aliphatic carbocycles. The lowest BCUT2D eigenvalue weighted by Gasteiger charge is -2.20. The average Bonchev–Trinajstić information content (AvgIpc) is 3.06. The summed E-state index contributed by atoms with van der Waals surface area (Å²) in [6.07, 6.45) is 2.13. The maximum atomic E-state index is 12.2. The molecule has 1 aromatic rings. The summed E-state index contributed by atoms with van der Waals surface area (Å²) in [5.74, 6) is 0.232. The lowest BCUT2D eigenvalue weighted by molar-refractivity contribution is 0.0952. The van der Waals surface area contributed by atoms with E-state index in [0.29, 0.717) is 17.4 Å². The van der Waals surface area contributed by atoms with E-state index >= 15 is 0 Å². The lowest BCUT2D eigenvalue weighted by Crippen LogP contribution is -2.31. The monoisotopic (exact) mass is 283 g/mol. The number of hydrogen-bond acceptors (Lipinski definition) is 6. The van der Waals surface area contributed by atoms with Crippen molar-refractivity contribution in [2.24, 2.45) is 0 Å². The van der Waals surface area contributed by atoms with Crippen LogP contribution in [0.4, 0.5) is 10.8 Å². The minimum Gasteiger partial charge on any atom is -0.382 e. The molecule has 0 aliphatic heterocycles. The molecule has 0 aromatic carbocycles. The Bertz CT molecular complexity index is 455. The number of carbonyl (C=O) groups excluding carboxylic acids is 1. The fourth-order valence-electron chi connectivity index (χ4n) is 1.70. The molecule has 2 rings (SSSR count). The van der Waals surface area contributed by atoms with Gasteiger partial charge < -0.3 is 20.9 Å². The number of nitrogens with zero attached hydrogens (tertiary/aromatic N) is 3. The molecule has 3 N–H and O–H groups in total. The summed E-state index contributed by atoms with van der Waals surface area (Å²) < 4.78 is 4.12. The van der Waals surface area contributed by atoms with Gasteiger partial charge in [0.25, 0.3) is 5.91 Å². The molecule has 1 aliphatic rings. The minimum absolute atomic E-state index is 0.0968. The zero-order valence-electron chi connectivity index (χ0n) is 11.6. The highest BCUT2D eigenvalue weighted by Gasteiger charge is 2.28. The number of aromatic nitrogens is 1. The predicted molar refractivity (Wildman–Crippen MR) is 78.8 cm³/mol. The Morgan fingerprint density at radius 3 is 2.68 bits per heavy atom. The van der Waals surface area contributed by atoms with Crippen LogP contribution in [0.2, 0.25) is 0 Å². The fraction of sp³-hybridized carbons (Fsp3) is 0.667. The first-order valence-electron chi connectivity index (χ1n) is 6.41. The second-order valence-corrected chi connectivity index (χ2v) is 5.97. The van der Waals surface area contributed by atoms with Crippen LogP contribution in [0.3, 0.4) is 0 Å². The Balaban J connectivity index is 2.09. The van der Waals surface area contributed by atoms with E-state index < -0.39 is 0 Å². The molecule has 106 valence electrons. The van der Waals surface area contributed by atoms with Gasteiger partial charge in [0.1, 0.15) is 10.6 Å². The van der Waals surface area contributed by atoms with E-state index in [0.717, 1.165) is 30.9 Å². The van der Waals surface area contributed by atoms with E-state index in [9.17, 15) is 4.79 Å². The Morgan fingerprint density at radius 2 is 2.11 bits per heavy atom. The number of carbonyl (C=O) groups is 1. The molecule has 1 heterocycles. The topological polar surface area (TPSA) is 74.5 Å². The van der Waals surface area contributed by atoms with E-state index in [1.807, 2.05) is 26.0 Å². The number of rotatable bonds is 6. The van der Waals surface area contributed by atoms with Crippen molar-refractivity contribution in [2.45, 2.75) is 18.9 Å². The number of nitrogen functional groups attached to an aromatic ring is 1. The molecule has 0 spiro atoms. The quantitative estimate of drug-likeness (QED) is 0.800. The summed E-state index contributed by atoms with van der Waals surface area (Å²) in [6, 6.07) is 0.326. The van der Waals surface area contributed by atoms with Crippen LogP contribution < -0.4 is 16.0 Å². The number of anilines is 2. The van der Waals surface area contributed by atoms with Crippen LogP contribution in [0.15, 0.2) is 0 Å². The summed E-state index contributed by atoms with van der Waals surface area (Å²) in [4.78, 5) is 16.3. The third-order valence-electron chi connectivity index (χ3n) is 3.07. The third kappa shape index (κ3) is 3.57. The summed E-state index contributed by atoms with van der Waals surface area (Å²) in [6.45, 7) is 1.75. The van der Waals surface area contributed by atoms with Crippen LogP contribution in [0, 0.1) is 0 Å². The van der Waals surface area contributed by atoms with Crippen LogP contribution >= 0.6 is 11.5 Å². The standard InChI is InChI=1S/C12H21N5OS/c1-16(2)6-7-17(3)12-9(10(13)15-19-12)11(18)14-8-4-5-8/h8H,4-7H2,1-3H3,(H2,13,15)(H,14,18). The average molecular weight is 283 g/mol. The molecule has 0 bridgehead atoms. The van der Waals surface area contributed by atoms with Gasteiger partial charge in [0.2, 0.25) is 0 Å². The number of likely N-dealkylation sites (N-methyl/N-ethyl adjacent to an activating group) is 2. The lowest BCUT2D eigenvalue weighted by atomic mass is 10.2. The Labute approximate surface area is 117 Å². The Morgan fingerprint density at radius 1 is 1.42 bits per heavy atom. The van der Waals surface area contributed by atoms with E-state index in [-0.39, 0.29) is 5.91 Å². The van der Waals surface area contributed by atoms with Crippen molar-refractivity contribution in [3.05, 3.63) is 5.56 Å². The van der Waals surface area contributed by atoms with Crippen LogP contribution in [0.25, 0.3) is 0 Å². The van der Waals surface area contributed by atoms with Crippen molar-refractivity contribution >= 4 is 28.3 Å². The van der Waals surface area contributed by atoms with Gasteiger partial charge in [-0.05, 0) is 38.5 Å². The van der Waals surface area contributed by atoms with Crippen molar-refractivity contribution in [1.82, 2.24) is 14.6 Å². The molecule has 1 saturated carbocycles. The van der Waals surface area contributed by atoms with Crippen LogP contribution in [0.1, 0.15) is 23.2 Å². The van der Waals surface area contributed by atoms with Gasteiger partial charge >= 0.3 is 0 Å². The van der Waals surface area contributed by atoms with Gasteiger partial charge in [-0.25, -0.2) is 0 Å². The van der Waals surface area contributed by atoms with Gasteiger partial charge in [-0.3, -0.25) is 4.79 Å². The van der Waals surface area contributed by atoms with Crippen LogP contribution in [-0.4, -0.2) is 55.5 Å². The largest absolute Gasteiger partial charge is 0.382 e. The molecular formula is C12H21N5OS. The smallest absolute Gasteiger partial charge is 0.258 e. The maximum Gasteiger partial charge on any atom is 0.258 e. The molecule has 0 atom stereocenters. The number of nitrogens with two attached hydrogens (primary N) is 1. The molecule has 1 aromatic heterocycles. The van der Waals surface area contributed by atoms with E-state index in [4.69, 9.17) is 5.73 Å². The van der Waals surface area contributed by atoms with Crippen molar-refractivity contribution in [1.29, 1.82) is 0 Å². The summed E-state index contributed by atoms with van der Waals surface area (Å²) in [7, 11) is 6.01. The molecule has 1 fully saturated rings. The second kappa shape index (κ2) is 5.75. The highest BCUT2D eigenvalue weighted by molar-refractivity contribution is 7.11. The Kier molecular flexibility index (Phi) is 4.26. The zero-order valence-corrected chi connectivity index (χ0v) is 12.5. The first-order valence-corrected chi connectivity index (χ1v) is 7.18.